The standard InChI is InChI=1S/C19H24N2O3/c1-24-17-6-5-15-9-14(3-4-16(15)10-17)12-21-8-2-7-19(23,13-21)11-18(20)22/h3-6,9-10,23H,2,7-8,11-13H2,1H3,(H2,20,22). The molecule has 0 spiro atoms. The zero-order valence-electron chi connectivity index (χ0n) is 14.0. The number of carbonyl (C=O) groups excluding carboxylic acids is 1. The van der Waals surface area contributed by atoms with Crippen molar-refractivity contribution in [1.29, 1.82) is 0 Å². The number of piperidine rings is 1. The Bertz CT molecular complexity index is 746. The number of hydrogen-bond acceptors (Lipinski definition) is 4. The SMILES string of the molecule is COc1ccc2cc(CN3CCCC(O)(CC(N)=O)C3)ccc2c1. The molecule has 24 heavy (non-hydrogen) atoms. The maximum absolute atomic E-state index is 11.2. The maximum Gasteiger partial charge on any atom is 0.220 e. The molecule has 1 aliphatic heterocycles. The first-order valence-corrected chi connectivity index (χ1v) is 8.27. The monoisotopic (exact) mass is 328 g/mol. The van der Waals surface area contributed by atoms with Gasteiger partial charge in [0, 0.05) is 13.1 Å². The predicted octanol–water partition coefficient (Wildman–Crippen LogP) is 2.05. The number of nitrogens with zero attached hydrogens (tertiary/aromatic N) is 1. The second-order valence-corrected chi connectivity index (χ2v) is 6.73. The van der Waals surface area contributed by atoms with Crippen molar-refractivity contribution < 1.29 is 14.6 Å². The molecule has 0 bridgehead atoms. The minimum Gasteiger partial charge on any atom is -0.497 e. The molecule has 1 unspecified atom stereocenters. The largest absolute Gasteiger partial charge is 0.497 e. The van der Waals surface area contributed by atoms with Gasteiger partial charge in [0.2, 0.25) is 5.91 Å². The van der Waals surface area contributed by atoms with E-state index in [9.17, 15) is 9.90 Å². The number of β-amino-alcohol motifs (C(OH)–C–C–N with tert-alkyl or cyclic N) is 1. The summed E-state index contributed by atoms with van der Waals surface area (Å²) in [5.41, 5.74) is 5.46. The highest BCUT2D eigenvalue weighted by Gasteiger charge is 2.34. The van der Waals surface area contributed by atoms with Gasteiger partial charge in [0.15, 0.2) is 0 Å². The first-order valence-electron chi connectivity index (χ1n) is 8.27. The summed E-state index contributed by atoms with van der Waals surface area (Å²) in [6, 6.07) is 12.4. The quantitative estimate of drug-likeness (QED) is 0.881. The van der Waals surface area contributed by atoms with E-state index < -0.39 is 11.5 Å². The van der Waals surface area contributed by atoms with Gasteiger partial charge in [0.25, 0.3) is 0 Å². The molecule has 2 aromatic carbocycles. The lowest BCUT2D eigenvalue weighted by atomic mass is 9.89. The van der Waals surface area contributed by atoms with Crippen molar-refractivity contribution in [2.45, 2.75) is 31.4 Å². The van der Waals surface area contributed by atoms with Gasteiger partial charge >= 0.3 is 0 Å². The molecule has 1 heterocycles. The Morgan fingerprint density at radius 3 is 2.79 bits per heavy atom. The molecule has 1 amide bonds. The van der Waals surface area contributed by atoms with E-state index in [1.165, 1.54) is 5.56 Å². The fourth-order valence-electron chi connectivity index (χ4n) is 3.57. The molecule has 0 aliphatic carbocycles. The van der Waals surface area contributed by atoms with Gasteiger partial charge in [-0.3, -0.25) is 9.69 Å². The maximum atomic E-state index is 11.2. The first kappa shape index (κ1) is 16.7. The Morgan fingerprint density at radius 2 is 2.04 bits per heavy atom. The van der Waals surface area contributed by atoms with E-state index in [1.54, 1.807) is 7.11 Å². The minimum absolute atomic E-state index is 0.0288. The summed E-state index contributed by atoms with van der Waals surface area (Å²) in [4.78, 5) is 13.4. The Morgan fingerprint density at radius 1 is 1.29 bits per heavy atom. The van der Waals surface area contributed by atoms with Gasteiger partial charge in [-0.2, -0.15) is 0 Å². The predicted molar refractivity (Wildman–Crippen MR) is 93.8 cm³/mol. The van der Waals surface area contributed by atoms with Crippen molar-refractivity contribution in [3.05, 3.63) is 42.0 Å². The summed E-state index contributed by atoms with van der Waals surface area (Å²) in [6.07, 6.45) is 1.53. The molecule has 2 aromatic rings. The van der Waals surface area contributed by atoms with E-state index in [-0.39, 0.29) is 6.42 Å². The average Bonchev–Trinajstić information content (AvgIpc) is 2.53. The molecular formula is C19H24N2O3. The number of nitrogens with two attached hydrogens (primary N) is 1. The van der Waals surface area contributed by atoms with Crippen LogP contribution in [0.1, 0.15) is 24.8 Å². The molecule has 3 rings (SSSR count). The highest BCUT2D eigenvalue weighted by atomic mass is 16.5. The van der Waals surface area contributed by atoms with E-state index in [2.05, 4.69) is 29.2 Å². The Hall–Kier alpha value is -2.11. The van der Waals surface area contributed by atoms with Gasteiger partial charge in [-0.1, -0.05) is 18.2 Å². The van der Waals surface area contributed by atoms with Gasteiger partial charge in [-0.25, -0.2) is 0 Å². The molecule has 0 radical (unpaired) electrons. The number of primary amides is 1. The molecule has 1 aliphatic rings. The van der Waals surface area contributed by atoms with E-state index in [0.717, 1.165) is 36.0 Å². The summed E-state index contributed by atoms with van der Waals surface area (Å²) in [5.74, 6) is 0.404. The fraction of sp³-hybridized carbons (Fsp3) is 0.421. The van der Waals surface area contributed by atoms with Crippen molar-refractivity contribution in [3.8, 4) is 5.75 Å². The number of aliphatic hydroxyl groups is 1. The topological polar surface area (TPSA) is 75.8 Å². The zero-order chi connectivity index (χ0) is 17.2. The number of hydrogen-bond donors (Lipinski definition) is 2. The summed E-state index contributed by atoms with van der Waals surface area (Å²) < 4.78 is 5.25. The van der Waals surface area contributed by atoms with Crippen molar-refractivity contribution in [2.24, 2.45) is 5.73 Å². The highest BCUT2D eigenvalue weighted by molar-refractivity contribution is 5.84. The van der Waals surface area contributed by atoms with Crippen LogP contribution in [0.4, 0.5) is 0 Å². The Labute approximate surface area is 142 Å². The lowest BCUT2D eigenvalue weighted by molar-refractivity contribution is -0.125. The van der Waals surface area contributed by atoms with Crippen LogP contribution in [-0.2, 0) is 11.3 Å². The van der Waals surface area contributed by atoms with E-state index in [0.29, 0.717) is 13.0 Å². The summed E-state index contributed by atoms with van der Waals surface area (Å²) in [7, 11) is 1.67. The number of rotatable bonds is 5. The number of likely N-dealkylation sites (tertiary alicyclic amines) is 1. The second kappa shape index (κ2) is 6.79. The molecule has 0 saturated carbocycles. The Kier molecular flexibility index (Phi) is 4.73. The molecular weight excluding hydrogens is 304 g/mol. The highest BCUT2D eigenvalue weighted by Crippen LogP contribution is 2.27. The molecule has 1 fully saturated rings. The van der Waals surface area contributed by atoms with E-state index in [4.69, 9.17) is 10.5 Å². The van der Waals surface area contributed by atoms with Crippen molar-refractivity contribution in [1.82, 2.24) is 4.90 Å². The lowest BCUT2D eigenvalue weighted by Gasteiger charge is -2.38. The van der Waals surface area contributed by atoms with Crippen molar-refractivity contribution in [3.63, 3.8) is 0 Å². The van der Waals surface area contributed by atoms with Gasteiger partial charge < -0.3 is 15.6 Å². The van der Waals surface area contributed by atoms with Crippen molar-refractivity contribution in [2.75, 3.05) is 20.2 Å². The third-order valence-electron chi connectivity index (χ3n) is 4.66. The van der Waals surface area contributed by atoms with Gasteiger partial charge in [-0.05, 0) is 53.9 Å². The van der Waals surface area contributed by atoms with Crippen LogP contribution in [0.2, 0.25) is 0 Å². The second-order valence-electron chi connectivity index (χ2n) is 6.73. The van der Waals surface area contributed by atoms with Gasteiger partial charge in [0.05, 0.1) is 19.1 Å². The summed E-state index contributed by atoms with van der Waals surface area (Å²) in [5, 5.41) is 12.9. The molecule has 3 N–H and O–H groups in total. The minimum atomic E-state index is -0.992. The first-order chi connectivity index (χ1) is 11.5. The molecule has 5 nitrogen and oxygen atoms in total. The summed E-state index contributed by atoms with van der Waals surface area (Å²) >= 11 is 0. The zero-order valence-corrected chi connectivity index (χ0v) is 14.0. The van der Waals surface area contributed by atoms with Crippen molar-refractivity contribution >= 4 is 16.7 Å². The van der Waals surface area contributed by atoms with Crippen LogP contribution in [-0.4, -0.2) is 41.7 Å². The average molecular weight is 328 g/mol. The number of carbonyl (C=O) groups is 1. The normalized spacial score (nSPS) is 21.8. The molecule has 128 valence electrons. The van der Waals surface area contributed by atoms with Crippen LogP contribution in [0.15, 0.2) is 36.4 Å². The lowest BCUT2D eigenvalue weighted by Crippen LogP contribution is -2.49. The smallest absolute Gasteiger partial charge is 0.220 e. The molecule has 0 aromatic heterocycles. The van der Waals surface area contributed by atoms with E-state index in [1.807, 2.05) is 12.1 Å². The third kappa shape index (κ3) is 3.86. The van der Waals surface area contributed by atoms with Crippen LogP contribution >= 0.6 is 0 Å². The van der Waals surface area contributed by atoms with Crippen LogP contribution < -0.4 is 10.5 Å². The van der Waals surface area contributed by atoms with Gasteiger partial charge in [0.1, 0.15) is 5.75 Å². The Balaban J connectivity index is 1.73. The van der Waals surface area contributed by atoms with Crippen LogP contribution in [0.3, 0.4) is 0 Å². The molecule has 1 saturated heterocycles. The number of amides is 1. The van der Waals surface area contributed by atoms with Crippen LogP contribution in [0, 0.1) is 0 Å². The number of benzene rings is 2. The van der Waals surface area contributed by atoms with Crippen LogP contribution in [0.25, 0.3) is 10.8 Å². The van der Waals surface area contributed by atoms with Crippen LogP contribution in [0.5, 0.6) is 5.75 Å². The van der Waals surface area contributed by atoms with E-state index >= 15 is 0 Å². The number of ether oxygens (including phenoxy) is 1. The third-order valence-corrected chi connectivity index (χ3v) is 4.66. The number of methoxy groups -OCH3 is 1. The molecule has 1 atom stereocenters. The summed E-state index contributed by atoms with van der Waals surface area (Å²) in [6.45, 7) is 2.15. The number of fused-ring (bicyclic) bond motifs is 1. The molecule has 5 heteroatoms. The van der Waals surface area contributed by atoms with Gasteiger partial charge in [-0.15, -0.1) is 0 Å². The fourth-order valence-corrected chi connectivity index (χ4v) is 3.57.